The van der Waals surface area contributed by atoms with E-state index in [-0.39, 0.29) is 11.3 Å². The summed E-state index contributed by atoms with van der Waals surface area (Å²) in [5.74, 6) is 4.39. The van der Waals surface area contributed by atoms with Crippen LogP contribution in [0.15, 0.2) is 67.0 Å². The van der Waals surface area contributed by atoms with Gasteiger partial charge in [-0.05, 0) is 55.0 Å². The molecule has 1 heterocycles. The van der Waals surface area contributed by atoms with Gasteiger partial charge in [-0.3, -0.25) is 9.78 Å². The van der Waals surface area contributed by atoms with E-state index >= 15 is 0 Å². The van der Waals surface area contributed by atoms with Gasteiger partial charge in [0.25, 0.3) is 5.91 Å². The van der Waals surface area contributed by atoms with Crippen LogP contribution in [0.5, 0.6) is 0 Å². The first-order valence-corrected chi connectivity index (χ1v) is 9.05. The van der Waals surface area contributed by atoms with Gasteiger partial charge < -0.3 is 10.6 Å². The summed E-state index contributed by atoms with van der Waals surface area (Å²) in [6.45, 7) is 1.93. The molecule has 2 aromatic carbocycles. The fourth-order valence-corrected chi connectivity index (χ4v) is 2.83. The molecule has 0 aliphatic heterocycles. The first-order chi connectivity index (χ1) is 14.4. The molecule has 30 heavy (non-hydrogen) atoms. The summed E-state index contributed by atoms with van der Waals surface area (Å²) >= 11 is 0. The average Bonchev–Trinajstić information content (AvgIpc) is 2.73. The third kappa shape index (κ3) is 5.17. The summed E-state index contributed by atoms with van der Waals surface area (Å²) in [5, 5.41) is 5.71. The number of hydrogen-bond acceptors (Lipinski definition) is 3. The number of amides is 1. The summed E-state index contributed by atoms with van der Waals surface area (Å²) in [6.07, 6.45) is -1.25. The Morgan fingerprint density at radius 3 is 2.50 bits per heavy atom. The molecule has 1 aromatic heterocycles. The number of carbonyl (C=O) groups excluding carboxylic acids is 1. The molecule has 0 saturated heterocycles. The van der Waals surface area contributed by atoms with Gasteiger partial charge in [0.15, 0.2) is 0 Å². The standard InChI is InChI=1S/C23H18F3N3O/c1-2-5-17-8-9-18(14-20(17)23(24,25)26)29-22(30)19-6-3-4-7-21(19)28-15-16-10-12-27-13-11-16/h3-4,6-14,28H,15H2,1H3,(H,29,30). The smallest absolute Gasteiger partial charge is 0.380 e. The Morgan fingerprint density at radius 2 is 1.80 bits per heavy atom. The summed E-state index contributed by atoms with van der Waals surface area (Å²) < 4.78 is 40.0. The quantitative estimate of drug-likeness (QED) is 0.560. The summed E-state index contributed by atoms with van der Waals surface area (Å²) in [4.78, 5) is 16.7. The Kier molecular flexibility index (Phi) is 6.38. The number of alkyl halides is 3. The number of hydrogen-bond donors (Lipinski definition) is 2. The number of para-hydroxylation sites is 1. The van der Waals surface area contributed by atoms with Crippen molar-refractivity contribution < 1.29 is 18.0 Å². The molecule has 0 spiro atoms. The van der Waals surface area contributed by atoms with Crippen molar-refractivity contribution in [3.8, 4) is 11.8 Å². The maximum atomic E-state index is 13.3. The first-order valence-electron chi connectivity index (χ1n) is 9.05. The molecule has 4 nitrogen and oxygen atoms in total. The number of halogens is 3. The lowest BCUT2D eigenvalue weighted by molar-refractivity contribution is -0.137. The molecule has 0 bridgehead atoms. The van der Waals surface area contributed by atoms with Crippen LogP contribution >= 0.6 is 0 Å². The van der Waals surface area contributed by atoms with E-state index < -0.39 is 17.6 Å². The van der Waals surface area contributed by atoms with Crippen LogP contribution in [-0.2, 0) is 12.7 Å². The van der Waals surface area contributed by atoms with Crippen molar-refractivity contribution in [3.63, 3.8) is 0 Å². The number of aromatic nitrogens is 1. The van der Waals surface area contributed by atoms with E-state index in [1.807, 2.05) is 12.1 Å². The molecule has 1 amide bonds. The van der Waals surface area contributed by atoms with Crippen molar-refractivity contribution >= 4 is 17.3 Å². The molecule has 3 rings (SSSR count). The zero-order chi connectivity index (χ0) is 21.6. The van der Waals surface area contributed by atoms with Gasteiger partial charge in [0, 0.05) is 35.9 Å². The molecule has 0 fully saturated rings. The van der Waals surface area contributed by atoms with Gasteiger partial charge in [-0.15, -0.1) is 5.92 Å². The number of benzene rings is 2. The van der Waals surface area contributed by atoms with Crippen LogP contribution in [0.1, 0.15) is 34.0 Å². The monoisotopic (exact) mass is 409 g/mol. The maximum absolute atomic E-state index is 13.3. The largest absolute Gasteiger partial charge is 0.417 e. The molecular weight excluding hydrogens is 391 g/mol. The third-order valence-corrected chi connectivity index (χ3v) is 4.25. The highest BCUT2D eigenvalue weighted by molar-refractivity contribution is 6.08. The molecule has 0 saturated carbocycles. The molecule has 3 aromatic rings. The maximum Gasteiger partial charge on any atom is 0.417 e. The first kappa shape index (κ1) is 20.9. The Balaban J connectivity index is 1.82. The van der Waals surface area contributed by atoms with Crippen LogP contribution in [0.3, 0.4) is 0 Å². The Bertz CT molecular complexity index is 1100. The van der Waals surface area contributed by atoms with Gasteiger partial charge in [-0.1, -0.05) is 18.1 Å². The van der Waals surface area contributed by atoms with Gasteiger partial charge >= 0.3 is 6.18 Å². The predicted octanol–water partition coefficient (Wildman–Crippen LogP) is 5.34. The zero-order valence-corrected chi connectivity index (χ0v) is 16.0. The number of nitrogens with zero attached hydrogens (tertiary/aromatic N) is 1. The Labute approximate surface area is 172 Å². The van der Waals surface area contributed by atoms with Crippen molar-refractivity contribution in [2.75, 3.05) is 10.6 Å². The highest BCUT2D eigenvalue weighted by Gasteiger charge is 2.33. The molecule has 0 aliphatic rings. The minimum absolute atomic E-state index is 0.0397. The van der Waals surface area contributed by atoms with Crippen molar-refractivity contribution in [2.24, 2.45) is 0 Å². The van der Waals surface area contributed by atoms with Crippen molar-refractivity contribution in [1.82, 2.24) is 4.98 Å². The second-order valence-corrected chi connectivity index (χ2v) is 6.34. The van der Waals surface area contributed by atoms with Crippen LogP contribution in [0.25, 0.3) is 0 Å². The Hall–Kier alpha value is -3.79. The van der Waals surface area contributed by atoms with E-state index in [9.17, 15) is 18.0 Å². The molecule has 152 valence electrons. The minimum atomic E-state index is -4.58. The van der Waals surface area contributed by atoms with Crippen LogP contribution in [0.2, 0.25) is 0 Å². The summed E-state index contributed by atoms with van der Waals surface area (Å²) in [6, 6.07) is 14.0. The number of rotatable bonds is 5. The lowest BCUT2D eigenvalue weighted by atomic mass is 10.1. The SMILES string of the molecule is CC#Cc1ccc(NC(=O)c2ccccc2NCc2ccncc2)cc1C(F)(F)F. The molecule has 2 N–H and O–H groups in total. The highest BCUT2D eigenvalue weighted by atomic mass is 19.4. The van der Waals surface area contributed by atoms with Crippen LogP contribution in [0.4, 0.5) is 24.5 Å². The highest BCUT2D eigenvalue weighted by Crippen LogP contribution is 2.33. The lowest BCUT2D eigenvalue weighted by Gasteiger charge is -2.14. The normalized spacial score (nSPS) is 10.7. The molecular formula is C23H18F3N3O. The number of anilines is 2. The van der Waals surface area contributed by atoms with Gasteiger partial charge in [0.2, 0.25) is 0 Å². The lowest BCUT2D eigenvalue weighted by Crippen LogP contribution is -2.16. The van der Waals surface area contributed by atoms with Crippen molar-refractivity contribution in [1.29, 1.82) is 0 Å². The van der Waals surface area contributed by atoms with Gasteiger partial charge in [-0.2, -0.15) is 13.2 Å². The second kappa shape index (κ2) is 9.14. The van der Waals surface area contributed by atoms with E-state index in [0.717, 1.165) is 11.6 Å². The molecule has 0 unspecified atom stereocenters. The topological polar surface area (TPSA) is 54.0 Å². The second-order valence-electron chi connectivity index (χ2n) is 6.34. The van der Waals surface area contributed by atoms with Crippen molar-refractivity contribution in [2.45, 2.75) is 19.6 Å². The number of pyridine rings is 1. The molecule has 0 radical (unpaired) electrons. The van der Waals surface area contributed by atoms with Gasteiger partial charge in [-0.25, -0.2) is 0 Å². The van der Waals surface area contributed by atoms with E-state index in [0.29, 0.717) is 17.8 Å². The fraction of sp³-hybridized carbons (Fsp3) is 0.130. The van der Waals surface area contributed by atoms with Crippen LogP contribution in [-0.4, -0.2) is 10.9 Å². The van der Waals surface area contributed by atoms with Crippen LogP contribution < -0.4 is 10.6 Å². The average molecular weight is 409 g/mol. The molecule has 0 atom stereocenters. The van der Waals surface area contributed by atoms with Crippen molar-refractivity contribution in [3.05, 3.63) is 89.2 Å². The zero-order valence-electron chi connectivity index (χ0n) is 16.0. The Morgan fingerprint density at radius 1 is 1.07 bits per heavy atom. The molecule has 7 heteroatoms. The van der Waals surface area contributed by atoms with E-state index in [4.69, 9.17) is 0 Å². The van der Waals surface area contributed by atoms with Crippen LogP contribution in [0, 0.1) is 11.8 Å². The van der Waals surface area contributed by atoms with E-state index in [1.54, 1.807) is 36.7 Å². The molecule has 0 aliphatic carbocycles. The van der Waals surface area contributed by atoms with Gasteiger partial charge in [0.05, 0.1) is 11.1 Å². The number of carbonyl (C=O) groups is 1. The van der Waals surface area contributed by atoms with E-state index in [1.165, 1.54) is 19.1 Å². The summed E-state index contributed by atoms with van der Waals surface area (Å²) in [7, 11) is 0. The minimum Gasteiger partial charge on any atom is -0.380 e. The predicted molar refractivity (Wildman–Crippen MR) is 110 cm³/mol. The third-order valence-electron chi connectivity index (χ3n) is 4.25. The van der Waals surface area contributed by atoms with Gasteiger partial charge in [0.1, 0.15) is 0 Å². The summed E-state index contributed by atoms with van der Waals surface area (Å²) in [5.41, 5.74) is 0.871. The number of nitrogens with one attached hydrogen (secondary N) is 2. The fourth-order valence-electron chi connectivity index (χ4n) is 2.83. The van der Waals surface area contributed by atoms with E-state index in [2.05, 4.69) is 27.5 Å².